The van der Waals surface area contributed by atoms with E-state index in [2.05, 4.69) is 48.7 Å². The highest BCUT2D eigenvalue weighted by Crippen LogP contribution is 2.21. The summed E-state index contributed by atoms with van der Waals surface area (Å²) in [6.45, 7) is 7.09. The number of ether oxygens (including phenoxy) is 1. The zero-order valence-electron chi connectivity index (χ0n) is 14.6. The molecule has 0 aromatic heterocycles. The lowest BCUT2D eigenvalue weighted by atomic mass is 9.97. The molecule has 0 heterocycles. The largest absolute Gasteiger partial charge is 0.494 e. The minimum Gasteiger partial charge on any atom is -0.494 e. The van der Waals surface area contributed by atoms with Gasteiger partial charge in [0.2, 0.25) is 0 Å². The average Bonchev–Trinajstić information content (AvgIpc) is 2.57. The molecule has 2 aromatic carbocycles. The summed E-state index contributed by atoms with van der Waals surface area (Å²) in [4.78, 5) is 0. The third kappa shape index (κ3) is 5.85. The number of rotatable bonds is 7. The molecule has 0 fully saturated rings. The van der Waals surface area contributed by atoms with Gasteiger partial charge in [-0.15, -0.1) is 0 Å². The number of anilines is 1. The van der Waals surface area contributed by atoms with E-state index in [4.69, 9.17) is 17.0 Å². The summed E-state index contributed by atoms with van der Waals surface area (Å²) in [5.41, 5.74) is 2.20. The van der Waals surface area contributed by atoms with E-state index in [-0.39, 0.29) is 6.04 Å². The van der Waals surface area contributed by atoms with Crippen molar-refractivity contribution in [1.82, 2.24) is 5.32 Å². The summed E-state index contributed by atoms with van der Waals surface area (Å²) in [5, 5.41) is 7.32. The first-order valence-electron chi connectivity index (χ1n) is 8.43. The fourth-order valence-electron chi connectivity index (χ4n) is 2.56. The van der Waals surface area contributed by atoms with Crippen molar-refractivity contribution in [3.05, 3.63) is 60.2 Å². The molecular formula is C20H26N2OS. The minimum atomic E-state index is 0.203. The Morgan fingerprint density at radius 1 is 1.04 bits per heavy atom. The van der Waals surface area contributed by atoms with Gasteiger partial charge in [0.1, 0.15) is 5.75 Å². The van der Waals surface area contributed by atoms with Crippen molar-refractivity contribution in [3.63, 3.8) is 0 Å². The second-order valence-electron chi connectivity index (χ2n) is 6.15. The van der Waals surface area contributed by atoms with Gasteiger partial charge in [-0.05, 0) is 61.3 Å². The number of benzene rings is 2. The van der Waals surface area contributed by atoms with Crippen molar-refractivity contribution in [2.75, 3.05) is 11.9 Å². The van der Waals surface area contributed by atoms with Crippen LogP contribution in [-0.4, -0.2) is 11.7 Å². The van der Waals surface area contributed by atoms with Crippen molar-refractivity contribution in [1.29, 1.82) is 0 Å². The van der Waals surface area contributed by atoms with Gasteiger partial charge >= 0.3 is 0 Å². The molecule has 3 nitrogen and oxygen atoms in total. The van der Waals surface area contributed by atoms with Crippen molar-refractivity contribution < 1.29 is 4.74 Å². The molecule has 0 amide bonds. The highest BCUT2D eigenvalue weighted by Gasteiger charge is 2.14. The smallest absolute Gasteiger partial charge is 0.171 e. The monoisotopic (exact) mass is 342 g/mol. The molecule has 4 heteroatoms. The van der Waals surface area contributed by atoms with Crippen LogP contribution in [-0.2, 0) is 0 Å². The molecule has 1 atom stereocenters. The van der Waals surface area contributed by atoms with Gasteiger partial charge in [0.25, 0.3) is 0 Å². The molecule has 0 saturated heterocycles. The van der Waals surface area contributed by atoms with E-state index in [1.54, 1.807) is 0 Å². The highest BCUT2D eigenvalue weighted by molar-refractivity contribution is 7.80. The first-order valence-corrected chi connectivity index (χ1v) is 8.84. The first kappa shape index (κ1) is 18.3. The van der Waals surface area contributed by atoms with Crippen LogP contribution in [0.25, 0.3) is 0 Å². The van der Waals surface area contributed by atoms with E-state index < -0.39 is 0 Å². The van der Waals surface area contributed by atoms with Crippen molar-refractivity contribution in [3.8, 4) is 5.75 Å². The minimum absolute atomic E-state index is 0.203. The molecular weight excluding hydrogens is 316 g/mol. The van der Waals surface area contributed by atoms with Gasteiger partial charge in [-0.1, -0.05) is 44.2 Å². The Bertz CT molecular complexity index is 626. The molecule has 0 unspecified atom stereocenters. The van der Waals surface area contributed by atoms with Crippen LogP contribution in [0.3, 0.4) is 0 Å². The second kappa shape index (κ2) is 9.28. The Morgan fingerprint density at radius 3 is 2.29 bits per heavy atom. The van der Waals surface area contributed by atoms with Crippen LogP contribution >= 0.6 is 12.2 Å². The molecule has 0 aliphatic rings. The maximum Gasteiger partial charge on any atom is 0.171 e. The number of hydrogen-bond acceptors (Lipinski definition) is 2. The quantitative estimate of drug-likeness (QED) is 0.681. The Labute approximate surface area is 150 Å². The van der Waals surface area contributed by atoms with Gasteiger partial charge in [-0.3, -0.25) is 0 Å². The van der Waals surface area contributed by atoms with Gasteiger partial charge < -0.3 is 15.4 Å². The van der Waals surface area contributed by atoms with Crippen LogP contribution in [0.2, 0.25) is 0 Å². The third-order valence-electron chi connectivity index (χ3n) is 3.64. The fourth-order valence-corrected chi connectivity index (χ4v) is 2.82. The summed E-state index contributed by atoms with van der Waals surface area (Å²) in [7, 11) is 0. The van der Waals surface area contributed by atoms with Crippen molar-refractivity contribution >= 4 is 23.0 Å². The number of thiocarbonyl (C=S) groups is 1. The van der Waals surface area contributed by atoms with E-state index in [0.717, 1.165) is 17.9 Å². The normalized spacial score (nSPS) is 11.8. The molecule has 2 N–H and O–H groups in total. The summed E-state index contributed by atoms with van der Waals surface area (Å²) < 4.78 is 5.46. The van der Waals surface area contributed by atoms with Crippen molar-refractivity contribution in [2.24, 2.45) is 5.92 Å². The molecule has 0 aliphatic carbocycles. The Hall–Kier alpha value is -2.07. The zero-order chi connectivity index (χ0) is 17.4. The van der Waals surface area contributed by atoms with E-state index in [1.807, 2.05) is 37.3 Å². The predicted molar refractivity (Wildman–Crippen MR) is 106 cm³/mol. The second-order valence-corrected chi connectivity index (χ2v) is 6.56. The van der Waals surface area contributed by atoms with Crippen LogP contribution in [0.4, 0.5) is 5.69 Å². The van der Waals surface area contributed by atoms with Crippen LogP contribution in [0.15, 0.2) is 54.6 Å². The molecule has 2 rings (SSSR count). The van der Waals surface area contributed by atoms with Gasteiger partial charge in [0, 0.05) is 5.69 Å². The van der Waals surface area contributed by atoms with Gasteiger partial charge in [0.05, 0.1) is 12.6 Å². The van der Waals surface area contributed by atoms with Gasteiger partial charge in [-0.25, -0.2) is 0 Å². The van der Waals surface area contributed by atoms with Crippen LogP contribution in [0.1, 0.15) is 38.8 Å². The maximum atomic E-state index is 5.50. The average molecular weight is 343 g/mol. The Balaban J connectivity index is 1.99. The zero-order valence-corrected chi connectivity index (χ0v) is 15.4. The molecule has 128 valence electrons. The third-order valence-corrected chi connectivity index (χ3v) is 3.86. The molecule has 2 aromatic rings. The Morgan fingerprint density at radius 2 is 1.71 bits per heavy atom. The summed E-state index contributed by atoms with van der Waals surface area (Å²) in [6.07, 6.45) is 1.02. The topological polar surface area (TPSA) is 33.3 Å². The van der Waals surface area contributed by atoms with Gasteiger partial charge in [-0.2, -0.15) is 0 Å². The van der Waals surface area contributed by atoms with E-state index >= 15 is 0 Å². The molecule has 0 aliphatic heterocycles. The van der Waals surface area contributed by atoms with Crippen molar-refractivity contribution in [2.45, 2.75) is 33.2 Å². The number of hydrogen-bond donors (Lipinski definition) is 2. The van der Waals surface area contributed by atoms with Crippen LogP contribution in [0, 0.1) is 5.92 Å². The molecule has 0 radical (unpaired) electrons. The lowest BCUT2D eigenvalue weighted by molar-refractivity contribution is 0.340. The fraction of sp³-hybridized carbons (Fsp3) is 0.350. The van der Waals surface area contributed by atoms with E-state index in [9.17, 15) is 0 Å². The molecule has 0 bridgehead atoms. The summed E-state index contributed by atoms with van der Waals surface area (Å²) >= 11 is 5.50. The Kier molecular flexibility index (Phi) is 7.07. The lowest BCUT2D eigenvalue weighted by Crippen LogP contribution is -2.33. The SMILES string of the molecule is CCOc1ccc(NC(=S)N[C@H](CC(C)C)c2ccccc2)cc1. The van der Waals surface area contributed by atoms with E-state index in [1.165, 1.54) is 5.56 Å². The number of nitrogens with one attached hydrogen (secondary N) is 2. The molecule has 0 saturated carbocycles. The molecule has 24 heavy (non-hydrogen) atoms. The molecule has 0 spiro atoms. The first-order chi connectivity index (χ1) is 11.6. The summed E-state index contributed by atoms with van der Waals surface area (Å²) in [6, 6.07) is 18.5. The predicted octanol–water partition coefficient (Wildman–Crippen LogP) is 5.16. The van der Waals surface area contributed by atoms with Gasteiger partial charge in [0.15, 0.2) is 5.11 Å². The van der Waals surface area contributed by atoms with Crippen LogP contribution in [0.5, 0.6) is 5.75 Å². The lowest BCUT2D eigenvalue weighted by Gasteiger charge is -2.23. The highest BCUT2D eigenvalue weighted by atomic mass is 32.1. The van der Waals surface area contributed by atoms with E-state index in [0.29, 0.717) is 17.6 Å². The standard InChI is InChI=1S/C20H26N2OS/c1-4-23-18-12-10-17(11-13-18)21-20(24)22-19(14-15(2)3)16-8-6-5-7-9-16/h5-13,15,19H,4,14H2,1-3H3,(H2,21,22,24)/t19-/m1/s1. The van der Waals surface area contributed by atoms with Crippen LogP contribution < -0.4 is 15.4 Å². The summed E-state index contributed by atoms with van der Waals surface area (Å²) in [5.74, 6) is 1.44. The maximum absolute atomic E-state index is 5.50.